The molecule has 0 radical (unpaired) electrons. The summed E-state index contributed by atoms with van der Waals surface area (Å²) in [5.41, 5.74) is 4.28. The van der Waals surface area contributed by atoms with Gasteiger partial charge in [0.25, 0.3) is 5.91 Å². The number of nitrogens with zero attached hydrogens (tertiary/aromatic N) is 3. The zero-order valence-corrected chi connectivity index (χ0v) is 13.7. The molecular formula is C19H18N4O. The minimum absolute atomic E-state index is 0.216. The Balaban J connectivity index is 2.03. The first kappa shape index (κ1) is 15.8. The quantitative estimate of drug-likeness (QED) is 0.797. The fourth-order valence-electron chi connectivity index (χ4n) is 2.71. The first-order valence-corrected chi connectivity index (χ1v) is 7.91. The molecule has 0 aliphatic heterocycles. The Kier molecular flexibility index (Phi) is 4.30. The summed E-state index contributed by atoms with van der Waals surface area (Å²) in [5.74, 6) is -0.216. The summed E-state index contributed by atoms with van der Waals surface area (Å²) < 4.78 is 1.84. The zero-order valence-electron chi connectivity index (χ0n) is 13.7. The molecule has 2 aromatic heterocycles. The molecule has 24 heavy (non-hydrogen) atoms. The van der Waals surface area contributed by atoms with Crippen molar-refractivity contribution in [2.75, 3.05) is 5.32 Å². The number of carbonyl (C=O) groups excluding carboxylic acids is 1. The highest BCUT2D eigenvalue weighted by Crippen LogP contribution is 2.18. The van der Waals surface area contributed by atoms with E-state index in [-0.39, 0.29) is 5.91 Å². The highest BCUT2D eigenvalue weighted by atomic mass is 16.2. The van der Waals surface area contributed by atoms with Crippen LogP contribution in [0.25, 0.3) is 5.65 Å². The van der Waals surface area contributed by atoms with Crippen molar-refractivity contribution in [3.05, 3.63) is 65.1 Å². The summed E-state index contributed by atoms with van der Waals surface area (Å²) in [5, 5.41) is 11.9. The minimum Gasteiger partial charge on any atom is -0.321 e. The molecule has 0 spiro atoms. The standard InChI is InChI=1S/C19H18N4O/c1-3-5-16-18(23-12-13(2)8-9-17(23)22-16)19(24)21-15-7-4-6-14(10-15)11-20/h4,6-10,12H,3,5H2,1-2H3,(H,21,24). The summed E-state index contributed by atoms with van der Waals surface area (Å²) in [6, 6.07) is 12.9. The van der Waals surface area contributed by atoms with E-state index in [0.29, 0.717) is 16.9 Å². The van der Waals surface area contributed by atoms with E-state index < -0.39 is 0 Å². The molecule has 1 aromatic carbocycles. The maximum absolute atomic E-state index is 12.8. The smallest absolute Gasteiger partial charge is 0.274 e. The van der Waals surface area contributed by atoms with Crippen LogP contribution in [0.4, 0.5) is 5.69 Å². The lowest BCUT2D eigenvalue weighted by atomic mass is 10.2. The molecule has 3 rings (SSSR count). The van der Waals surface area contributed by atoms with Gasteiger partial charge in [0.1, 0.15) is 11.3 Å². The molecule has 2 heterocycles. The Bertz CT molecular complexity index is 950. The molecule has 0 saturated heterocycles. The van der Waals surface area contributed by atoms with Crippen LogP contribution in [0.1, 0.15) is 40.7 Å². The van der Waals surface area contributed by atoms with Gasteiger partial charge >= 0.3 is 0 Å². The molecule has 0 fully saturated rings. The number of rotatable bonds is 4. The van der Waals surface area contributed by atoms with Gasteiger partial charge in [-0.1, -0.05) is 25.5 Å². The number of hydrogen-bond acceptors (Lipinski definition) is 3. The monoisotopic (exact) mass is 318 g/mol. The molecule has 120 valence electrons. The molecule has 0 bridgehead atoms. The lowest BCUT2D eigenvalue weighted by Gasteiger charge is -2.07. The van der Waals surface area contributed by atoms with Crippen molar-refractivity contribution in [3.8, 4) is 6.07 Å². The molecule has 0 saturated carbocycles. The molecule has 5 nitrogen and oxygen atoms in total. The second-order valence-electron chi connectivity index (χ2n) is 5.74. The van der Waals surface area contributed by atoms with Crippen molar-refractivity contribution in [1.82, 2.24) is 9.38 Å². The number of aromatic nitrogens is 2. The summed E-state index contributed by atoms with van der Waals surface area (Å²) in [6.07, 6.45) is 3.57. The number of nitrogens with one attached hydrogen (secondary N) is 1. The number of fused-ring (bicyclic) bond motifs is 1. The lowest BCUT2D eigenvalue weighted by molar-refractivity contribution is 0.102. The molecule has 5 heteroatoms. The van der Waals surface area contributed by atoms with Crippen LogP contribution in [0.3, 0.4) is 0 Å². The van der Waals surface area contributed by atoms with Crippen LogP contribution in [0.2, 0.25) is 0 Å². The number of pyridine rings is 1. The number of aryl methyl sites for hydroxylation is 2. The summed E-state index contributed by atoms with van der Waals surface area (Å²) in [6.45, 7) is 4.05. The van der Waals surface area contributed by atoms with E-state index in [2.05, 4.69) is 23.3 Å². The largest absolute Gasteiger partial charge is 0.321 e. The lowest BCUT2D eigenvalue weighted by Crippen LogP contribution is -2.16. The van der Waals surface area contributed by atoms with E-state index in [1.165, 1.54) is 0 Å². The number of imidazole rings is 1. The molecule has 3 aromatic rings. The summed E-state index contributed by atoms with van der Waals surface area (Å²) in [7, 11) is 0. The van der Waals surface area contributed by atoms with Crippen LogP contribution < -0.4 is 5.32 Å². The summed E-state index contributed by atoms with van der Waals surface area (Å²) >= 11 is 0. The van der Waals surface area contributed by atoms with Crippen LogP contribution in [-0.4, -0.2) is 15.3 Å². The summed E-state index contributed by atoms with van der Waals surface area (Å²) in [4.78, 5) is 17.4. The van der Waals surface area contributed by atoms with Gasteiger partial charge in [-0.25, -0.2) is 4.98 Å². The maximum atomic E-state index is 12.8. The third kappa shape index (κ3) is 2.99. The second kappa shape index (κ2) is 6.55. The Morgan fingerprint density at radius 2 is 2.17 bits per heavy atom. The van der Waals surface area contributed by atoms with Crippen molar-refractivity contribution >= 4 is 17.2 Å². The number of carbonyl (C=O) groups is 1. The van der Waals surface area contributed by atoms with Gasteiger partial charge < -0.3 is 5.32 Å². The second-order valence-corrected chi connectivity index (χ2v) is 5.74. The van der Waals surface area contributed by atoms with E-state index in [9.17, 15) is 4.79 Å². The van der Waals surface area contributed by atoms with Gasteiger partial charge in [0.2, 0.25) is 0 Å². The van der Waals surface area contributed by atoms with Gasteiger partial charge in [-0.15, -0.1) is 0 Å². The van der Waals surface area contributed by atoms with Gasteiger partial charge in [-0.2, -0.15) is 5.26 Å². The van der Waals surface area contributed by atoms with Crippen LogP contribution in [0.5, 0.6) is 0 Å². The first-order chi connectivity index (χ1) is 11.6. The van der Waals surface area contributed by atoms with E-state index in [0.717, 1.165) is 29.7 Å². The van der Waals surface area contributed by atoms with Crippen LogP contribution in [0.15, 0.2) is 42.6 Å². The Morgan fingerprint density at radius 1 is 1.33 bits per heavy atom. The Labute approximate surface area is 140 Å². The molecular weight excluding hydrogens is 300 g/mol. The Hall–Kier alpha value is -3.13. The fourth-order valence-corrected chi connectivity index (χ4v) is 2.71. The number of benzene rings is 1. The number of amides is 1. The normalized spacial score (nSPS) is 10.5. The molecule has 0 aliphatic carbocycles. The zero-order chi connectivity index (χ0) is 17.1. The van der Waals surface area contributed by atoms with Gasteiger partial charge in [-0.3, -0.25) is 9.20 Å². The van der Waals surface area contributed by atoms with E-state index >= 15 is 0 Å². The van der Waals surface area contributed by atoms with Gasteiger partial charge in [0.05, 0.1) is 17.3 Å². The molecule has 0 aliphatic rings. The van der Waals surface area contributed by atoms with Crippen molar-refractivity contribution in [1.29, 1.82) is 5.26 Å². The van der Waals surface area contributed by atoms with E-state index in [1.807, 2.05) is 29.7 Å². The third-order valence-electron chi connectivity index (χ3n) is 3.79. The first-order valence-electron chi connectivity index (χ1n) is 7.91. The van der Waals surface area contributed by atoms with Crippen molar-refractivity contribution in [3.63, 3.8) is 0 Å². The number of nitriles is 1. The van der Waals surface area contributed by atoms with Crippen LogP contribution >= 0.6 is 0 Å². The molecule has 1 N–H and O–H groups in total. The molecule has 1 amide bonds. The molecule has 0 atom stereocenters. The van der Waals surface area contributed by atoms with Gasteiger partial charge in [0.15, 0.2) is 0 Å². The predicted octanol–water partition coefficient (Wildman–Crippen LogP) is 3.72. The van der Waals surface area contributed by atoms with Crippen molar-refractivity contribution in [2.24, 2.45) is 0 Å². The number of hydrogen-bond donors (Lipinski definition) is 1. The maximum Gasteiger partial charge on any atom is 0.274 e. The van der Waals surface area contributed by atoms with Crippen molar-refractivity contribution in [2.45, 2.75) is 26.7 Å². The van der Waals surface area contributed by atoms with Gasteiger partial charge in [0, 0.05) is 11.9 Å². The minimum atomic E-state index is -0.216. The topological polar surface area (TPSA) is 70.2 Å². The van der Waals surface area contributed by atoms with Crippen LogP contribution in [0, 0.1) is 18.3 Å². The highest BCUT2D eigenvalue weighted by Gasteiger charge is 2.19. The molecule has 0 unspecified atom stereocenters. The Morgan fingerprint density at radius 3 is 2.92 bits per heavy atom. The van der Waals surface area contributed by atoms with Gasteiger partial charge in [-0.05, 0) is 43.2 Å². The van der Waals surface area contributed by atoms with E-state index in [1.54, 1.807) is 24.3 Å². The average Bonchev–Trinajstić information content (AvgIpc) is 2.92. The number of anilines is 1. The predicted molar refractivity (Wildman–Crippen MR) is 93.0 cm³/mol. The highest BCUT2D eigenvalue weighted by molar-refractivity contribution is 6.04. The SMILES string of the molecule is CCCc1nc2ccc(C)cn2c1C(=O)Nc1cccc(C#N)c1. The van der Waals surface area contributed by atoms with E-state index in [4.69, 9.17) is 5.26 Å². The average molecular weight is 318 g/mol. The fraction of sp³-hybridized carbons (Fsp3) is 0.211. The third-order valence-corrected chi connectivity index (χ3v) is 3.79. The van der Waals surface area contributed by atoms with Crippen molar-refractivity contribution < 1.29 is 4.79 Å². The van der Waals surface area contributed by atoms with Crippen LogP contribution in [-0.2, 0) is 6.42 Å².